The molecule has 0 radical (unpaired) electrons. The average Bonchev–Trinajstić information content (AvgIpc) is 1.84. The Morgan fingerprint density at radius 1 is 0.344 bits per heavy atom. The van der Waals surface area contributed by atoms with Crippen molar-refractivity contribution in [1.29, 1.82) is 0 Å². The number of rotatable bonds is 0. The van der Waals surface area contributed by atoms with E-state index in [1.54, 1.807) is 248 Å². The van der Waals surface area contributed by atoms with Gasteiger partial charge in [-0.1, -0.05) is 145 Å². The first-order chi connectivity index (χ1) is 65.3. The smallest absolute Gasteiger partial charge is 0.180 e. The van der Waals surface area contributed by atoms with Gasteiger partial charge in [0.15, 0.2) is 6.39 Å². The van der Waals surface area contributed by atoms with E-state index >= 15 is 0 Å². The Kier molecular flexibility index (Phi) is 63.1. The van der Waals surface area contributed by atoms with E-state index in [0.717, 1.165) is 48.9 Å². The van der Waals surface area contributed by atoms with Crippen LogP contribution in [0.3, 0.4) is 0 Å². The monoisotopic (exact) mass is 1850 g/mol. The summed E-state index contributed by atoms with van der Waals surface area (Å²) >= 11 is 10.2. The number of aromatic amines is 1. The maximum absolute atomic E-state index is 4.58. The van der Waals surface area contributed by atoms with E-state index in [2.05, 4.69) is 253 Å². The van der Waals surface area contributed by atoms with Crippen molar-refractivity contribution in [1.82, 2.24) is 99.2 Å². The molecule has 0 spiro atoms. The van der Waals surface area contributed by atoms with Crippen LogP contribution in [-0.4, -0.2) is 124 Å². The van der Waals surface area contributed by atoms with E-state index in [1.165, 1.54) is 98.3 Å². The minimum absolute atomic E-state index is 0.889. The number of fused-ring (bicyclic) bond motifs is 5. The third kappa shape index (κ3) is 59.4. The van der Waals surface area contributed by atoms with Crippen LogP contribution in [-0.2, 0) is 12.8 Å². The molecule has 0 saturated heterocycles. The highest BCUT2D eigenvalue weighted by atomic mass is 32.1. The van der Waals surface area contributed by atoms with Crippen molar-refractivity contribution in [2.24, 2.45) is 15.0 Å². The van der Waals surface area contributed by atoms with Crippen LogP contribution in [0.1, 0.15) is 29.5 Å². The SMILES string of the molecule is C1=CCC=C1.C1=CCN=C1.C1=CN=CC1.C1=Cc2ccccc2C1.C1=Nc2ccccc2C1.c1c[nH]cn1.c1cc2sccc2s1.c1ccc2nccnc2c1.c1ccc2sccc2c1.c1ccncc1.c1ccoc1.c1ccsc1.c1cnccn1.c1cnccn1.c1cncnc1.c1cncnc1.c1cnoc1.c1cnsc1.c1cocn1.c1cscn1.c1ncncn1. The number of imidazole rings is 1. The molecule has 0 amide bonds. The molecule has 2 aliphatic carbocycles. The lowest BCUT2D eigenvalue weighted by atomic mass is 10.1. The van der Waals surface area contributed by atoms with E-state index in [4.69, 9.17) is 0 Å². The zero-order chi connectivity index (χ0) is 91.3. The Morgan fingerprint density at radius 2 is 0.954 bits per heavy atom. The molecule has 0 atom stereocenters. The number of thiophene rings is 4. The maximum atomic E-state index is 4.58. The summed E-state index contributed by atoms with van der Waals surface area (Å²) in [6, 6.07) is 60.0. The summed E-state index contributed by atoms with van der Waals surface area (Å²) in [5.74, 6) is 0. The molecule has 17 aromatic heterocycles. The Morgan fingerprint density at radius 3 is 1.31 bits per heavy atom. The second kappa shape index (κ2) is 79.8. The average molecular weight is 1850 g/mol. The van der Waals surface area contributed by atoms with Gasteiger partial charge in [0.05, 0.1) is 60.0 Å². The largest absolute Gasteiger partial charge is 0.473 e. The van der Waals surface area contributed by atoms with E-state index in [0.29, 0.717) is 0 Å². The number of benzene rings is 4. The molecule has 0 bridgehead atoms. The van der Waals surface area contributed by atoms with Crippen molar-refractivity contribution in [3.8, 4) is 0 Å². The summed E-state index contributed by atoms with van der Waals surface area (Å²) in [5.41, 5.74) is 9.01. The van der Waals surface area contributed by atoms with Crippen LogP contribution in [0.25, 0.3) is 36.6 Å². The van der Waals surface area contributed by atoms with Crippen LogP contribution in [0, 0.1) is 0 Å². The van der Waals surface area contributed by atoms with Gasteiger partial charge in [-0.05, 0) is 170 Å². The van der Waals surface area contributed by atoms with Gasteiger partial charge >= 0.3 is 0 Å². The van der Waals surface area contributed by atoms with Gasteiger partial charge < -0.3 is 18.3 Å². The number of aromatic nitrogens is 20. The molecule has 660 valence electrons. The van der Waals surface area contributed by atoms with Crippen molar-refractivity contribution < 1.29 is 13.4 Å². The van der Waals surface area contributed by atoms with Gasteiger partial charge in [0.1, 0.15) is 44.2 Å². The van der Waals surface area contributed by atoms with Crippen LogP contribution < -0.4 is 0 Å². The molecule has 20 heterocycles. The number of oxazole rings is 1. The van der Waals surface area contributed by atoms with E-state index in [-0.39, 0.29) is 0 Å². The Bertz CT molecular complexity index is 4990. The minimum atomic E-state index is 0.889. The van der Waals surface area contributed by atoms with Crippen LogP contribution >= 0.6 is 68.2 Å². The number of nitrogens with one attached hydrogen (secondary N) is 1. The Hall–Kier alpha value is -16.1. The van der Waals surface area contributed by atoms with Crippen molar-refractivity contribution >= 4 is 129 Å². The predicted molar refractivity (Wildman–Crippen MR) is 537 cm³/mol. The summed E-state index contributed by atoms with van der Waals surface area (Å²) in [4.78, 5) is 77.8. The number of H-pyrrole nitrogens is 1. The fraction of sp³-hybridized carbons (Fsp3) is 0.0505. The molecule has 0 saturated carbocycles. The lowest BCUT2D eigenvalue weighted by molar-refractivity contribution is 0.420. The van der Waals surface area contributed by atoms with Crippen molar-refractivity contribution in [3.63, 3.8) is 0 Å². The van der Waals surface area contributed by atoms with Crippen LogP contribution in [0.2, 0.25) is 0 Å². The number of furan rings is 1. The maximum Gasteiger partial charge on any atom is 0.180 e. The molecule has 26 nitrogen and oxygen atoms in total. The molecule has 1 N–H and O–H groups in total. The molecule has 21 aromatic rings. The summed E-state index contributed by atoms with van der Waals surface area (Å²) in [6.45, 7) is 0.889. The van der Waals surface area contributed by atoms with Crippen molar-refractivity contribution in [3.05, 3.63) is 502 Å². The molecule has 3 aliphatic heterocycles. The number of hydrogen-bond donors (Lipinski definition) is 1. The summed E-state index contributed by atoms with van der Waals surface area (Å²) in [7, 11) is 0. The molecule has 4 aromatic carbocycles. The summed E-state index contributed by atoms with van der Waals surface area (Å²) in [5, 5.41) is 19.0. The van der Waals surface area contributed by atoms with Gasteiger partial charge in [0.2, 0.25) is 0 Å². The van der Waals surface area contributed by atoms with Gasteiger partial charge in [-0.2, -0.15) is 11.3 Å². The first-order valence-corrected chi connectivity index (χ1v) is 45.1. The fourth-order valence-corrected chi connectivity index (χ4v) is 12.4. The number of para-hydroxylation sites is 3. The lowest BCUT2D eigenvalue weighted by Gasteiger charge is -1.93. The summed E-state index contributed by atoms with van der Waals surface area (Å²) < 4.78 is 21.3. The first kappa shape index (κ1) is 104. The first-order valence-electron chi connectivity index (χ1n) is 39.7. The molecule has 0 unspecified atom stereocenters. The van der Waals surface area contributed by atoms with Crippen LogP contribution in [0.5, 0.6) is 0 Å². The molecule has 26 rings (SSSR count). The van der Waals surface area contributed by atoms with Gasteiger partial charge in [-0.15, -0.1) is 45.3 Å². The Balaban J connectivity index is 0.000000213. The van der Waals surface area contributed by atoms with E-state index in [1.807, 2.05) is 143 Å². The van der Waals surface area contributed by atoms with Gasteiger partial charge in [-0.25, -0.2) is 49.2 Å². The second-order valence-corrected chi connectivity index (χ2v) is 28.6. The minimum Gasteiger partial charge on any atom is -0.473 e. The topological polar surface area (TPSA) is 337 Å². The van der Waals surface area contributed by atoms with Crippen LogP contribution in [0.15, 0.2) is 514 Å². The lowest BCUT2D eigenvalue weighted by Crippen LogP contribution is -1.78. The number of pyridine rings is 1. The molecule has 131 heavy (non-hydrogen) atoms. The predicted octanol–water partition coefficient (Wildman–Crippen LogP) is 24.7. The highest BCUT2D eigenvalue weighted by Crippen LogP contribution is 2.26. The third-order valence-corrected chi connectivity index (χ3v) is 18.8. The number of aliphatic imine (C=N–C) groups is 3. The number of allylic oxidation sites excluding steroid dienone is 7. The molecule has 32 heteroatoms. The number of thiazole rings is 1. The quantitative estimate of drug-likeness (QED) is 0.147. The van der Waals surface area contributed by atoms with E-state index < -0.39 is 0 Å². The third-order valence-electron chi connectivity index (χ3n) is 14.3. The van der Waals surface area contributed by atoms with Crippen molar-refractivity contribution in [2.75, 3.05) is 6.54 Å². The van der Waals surface area contributed by atoms with Crippen LogP contribution in [0.4, 0.5) is 5.69 Å². The van der Waals surface area contributed by atoms with Gasteiger partial charge in [-0.3, -0.25) is 54.8 Å². The van der Waals surface area contributed by atoms with Gasteiger partial charge in [0.25, 0.3) is 0 Å². The summed E-state index contributed by atoms with van der Waals surface area (Å²) in [6.07, 6.45) is 83.9. The van der Waals surface area contributed by atoms with Gasteiger partial charge in [0, 0.05) is 186 Å². The molecule has 0 fully saturated rings. The van der Waals surface area contributed by atoms with E-state index in [9.17, 15) is 0 Å². The number of hydrogen-bond acceptors (Lipinski definition) is 31. The molecular weight excluding hydrogens is 1750 g/mol. The second-order valence-electron chi connectivity index (χ2n) is 23.5. The van der Waals surface area contributed by atoms with Crippen molar-refractivity contribution in [2.45, 2.75) is 25.7 Å². The highest BCUT2D eigenvalue weighted by Gasteiger charge is 2.03. The normalized spacial score (nSPS) is 10.4. The standard InChI is InChI=1S/C9H8.C8H6N2.C8H7N.C8H6S.C6H4S2.C5H5N.C5H6.4C4H4N2.2C4H5N.C4H4O.C4H4S.C3H3N3.C3H4N2.2C3H3NO.2C3H3NS/c1-2-5-9-7-3-6-8(9)4-1;1-2-4-8-7(3-1)9-5-6-10-8;2*1-2-4-8-7(3-1)5-6-9-8;1-3-7-6-2-4-8-5(1)6;1-2-4-6-5-3-1;1-2-4-5-3-1;2*1-2-6-4-3-5-1;2*1-2-5-4-6-3-1;4*1-2-4-5-3-1;1-4-2-6-3-5-1;2*1-2-5-3-4-1;1-2-4-5-3-1;1-2-5-3-4-1;1-2-4-5-3-1/h1-6H,7H2;1-6H;1-4,6H,5H2;1-6H;1-4H;1-5H;1-4H,5H2;4*1-4H;1,3-4H,2H2;1-3H,4H2;2*1-4H;1-3H;1-3H,(H,4,5);4*1-3H. The molecular formula is C99H95N23O3S6. The fourth-order valence-electron chi connectivity index (χ4n) is 8.66. The zero-order valence-corrected chi connectivity index (χ0v) is 75.9. The molecule has 5 aliphatic rings. The highest BCUT2D eigenvalue weighted by molar-refractivity contribution is 7.25. The zero-order valence-electron chi connectivity index (χ0n) is 71.0. The Labute approximate surface area is 785 Å². The number of nitrogens with zero attached hydrogens (tertiary/aromatic N) is 22.